The molecule has 3 fully saturated rings. The molecule has 0 aromatic carbocycles. The Hall–Kier alpha value is -1.80. The zero-order valence-electron chi connectivity index (χ0n) is 14.0. The van der Waals surface area contributed by atoms with Crippen LogP contribution in [0.25, 0.3) is 0 Å². The molecule has 1 aromatic rings. The third-order valence-corrected chi connectivity index (χ3v) is 5.77. The maximum Gasteiger partial charge on any atom is 0.392 e. The lowest BCUT2D eigenvalue weighted by atomic mass is 9.93. The molecule has 0 radical (unpaired) electrons. The molecule has 1 aromatic heterocycles. The number of piperidine rings is 1. The zero-order chi connectivity index (χ0) is 17.8. The molecule has 0 bridgehead atoms. The molecule has 1 saturated heterocycles. The number of likely N-dealkylation sites (tertiary alicyclic amines) is 1. The van der Waals surface area contributed by atoms with Crippen molar-refractivity contribution in [2.45, 2.75) is 57.2 Å². The second-order valence-corrected chi connectivity index (χ2v) is 7.63. The van der Waals surface area contributed by atoms with Crippen molar-refractivity contribution in [3.8, 4) is 0 Å². The van der Waals surface area contributed by atoms with E-state index in [2.05, 4.69) is 15.5 Å². The minimum Gasteiger partial charge on any atom is -0.408 e. The first-order chi connectivity index (χ1) is 11.8. The van der Waals surface area contributed by atoms with Crippen LogP contribution < -0.4 is 5.32 Å². The molecular weight excluding hydrogens is 337 g/mol. The monoisotopic (exact) mass is 358 g/mol. The Bertz CT molecular complexity index is 661. The van der Waals surface area contributed by atoms with Crippen LogP contribution in [0.4, 0.5) is 19.2 Å². The van der Waals surface area contributed by atoms with Crippen molar-refractivity contribution in [2.24, 2.45) is 11.3 Å². The molecule has 1 amide bonds. The summed E-state index contributed by atoms with van der Waals surface area (Å²) < 4.78 is 43.1. The second-order valence-electron chi connectivity index (χ2n) is 7.63. The SMILES string of the molecule is C[C@@H](Nc1nnc(C2C[C@H]2C(F)(F)F)o1)C(=O)N1CCC2(CC1)CC2. The summed E-state index contributed by atoms with van der Waals surface area (Å²) in [6.45, 7) is 3.22. The van der Waals surface area contributed by atoms with E-state index in [9.17, 15) is 18.0 Å². The average Bonchev–Trinajstić information content (AvgIpc) is 3.47. The number of amides is 1. The molecule has 2 saturated carbocycles. The summed E-state index contributed by atoms with van der Waals surface area (Å²) in [5, 5.41) is 10.2. The van der Waals surface area contributed by atoms with Gasteiger partial charge >= 0.3 is 12.2 Å². The fourth-order valence-corrected chi connectivity index (χ4v) is 3.67. The lowest BCUT2D eigenvalue weighted by molar-refractivity contribution is -0.149. The van der Waals surface area contributed by atoms with Gasteiger partial charge in [0, 0.05) is 19.0 Å². The van der Waals surface area contributed by atoms with Crippen LogP contribution in [0.15, 0.2) is 4.42 Å². The van der Waals surface area contributed by atoms with E-state index in [1.54, 1.807) is 6.92 Å². The first-order valence-electron chi connectivity index (χ1n) is 8.73. The van der Waals surface area contributed by atoms with Crippen LogP contribution in [0.3, 0.4) is 0 Å². The quantitative estimate of drug-likeness (QED) is 0.896. The Kier molecular flexibility index (Phi) is 3.73. The number of nitrogens with zero attached hydrogens (tertiary/aromatic N) is 3. The zero-order valence-corrected chi connectivity index (χ0v) is 14.0. The van der Waals surface area contributed by atoms with Gasteiger partial charge in [0.2, 0.25) is 11.8 Å². The summed E-state index contributed by atoms with van der Waals surface area (Å²) in [6, 6.07) is -0.557. The molecule has 2 aliphatic carbocycles. The average molecular weight is 358 g/mol. The molecule has 6 nitrogen and oxygen atoms in total. The molecule has 138 valence electrons. The van der Waals surface area contributed by atoms with Gasteiger partial charge in [0.25, 0.3) is 0 Å². The summed E-state index contributed by atoms with van der Waals surface area (Å²) >= 11 is 0. The van der Waals surface area contributed by atoms with Gasteiger partial charge in [-0.15, -0.1) is 5.10 Å². The summed E-state index contributed by atoms with van der Waals surface area (Å²) in [7, 11) is 0. The molecule has 2 heterocycles. The van der Waals surface area contributed by atoms with Gasteiger partial charge in [0.15, 0.2) is 0 Å². The molecule has 3 aliphatic rings. The van der Waals surface area contributed by atoms with Crippen LogP contribution in [0.1, 0.15) is 50.8 Å². The van der Waals surface area contributed by atoms with Crippen LogP contribution in [0.2, 0.25) is 0 Å². The standard InChI is InChI=1S/C16H21F3N4O2/c1-9(13(24)23-6-4-15(2-3-15)5-7-23)20-14-22-21-12(25-14)10-8-11(10)16(17,18)19/h9-11H,2-8H2,1H3,(H,20,22)/t9-,10?,11-/m1/s1. The Balaban J connectivity index is 1.31. The van der Waals surface area contributed by atoms with Crippen LogP contribution in [0, 0.1) is 11.3 Å². The van der Waals surface area contributed by atoms with Crippen LogP contribution in [0.5, 0.6) is 0 Å². The smallest absolute Gasteiger partial charge is 0.392 e. The second kappa shape index (κ2) is 5.60. The number of hydrogen-bond acceptors (Lipinski definition) is 5. The lowest BCUT2D eigenvalue weighted by Crippen LogP contribution is -2.45. The Morgan fingerprint density at radius 3 is 2.52 bits per heavy atom. The summed E-state index contributed by atoms with van der Waals surface area (Å²) in [5.41, 5.74) is 0.494. The molecule has 9 heteroatoms. The minimum absolute atomic E-state index is 0.000605. The summed E-state index contributed by atoms with van der Waals surface area (Å²) in [5.74, 6) is -2.22. The Morgan fingerprint density at radius 2 is 1.96 bits per heavy atom. The predicted molar refractivity (Wildman–Crippen MR) is 81.8 cm³/mol. The largest absolute Gasteiger partial charge is 0.408 e. The first kappa shape index (κ1) is 16.7. The Labute approximate surface area is 143 Å². The van der Waals surface area contributed by atoms with E-state index in [0.717, 1.165) is 25.9 Å². The van der Waals surface area contributed by atoms with Crippen molar-refractivity contribution in [3.63, 3.8) is 0 Å². The van der Waals surface area contributed by atoms with Crippen molar-refractivity contribution in [1.29, 1.82) is 0 Å². The van der Waals surface area contributed by atoms with Crippen molar-refractivity contribution >= 4 is 11.9 Å². The van der Waals surface area contributed by atoms with Gasteiger partial charge in [-0.1, -0.05) is 5.10 Å². The third-order valence-electron chi connectivity index (χ3n) is 5.77. The summed E-state index contributed by atoms with van der Waals surface area (Å²) in [4.78, 5) is 14.3. The van der Waals surface area contributed by atoms with E-state index in [1.807, 2.05) is 4.90 Å². The number of nitrogens with one attached hydrogen (secondary N) is 1. The van der Waals surface area contributed by atoms with E-state index in [-0.39, 0.29) is 24.2 Å². The van der Waals surface area contributed by atoms with E-state index in [1.165, 1.54) is 12.8 Å². The summed E-state index contributed by atoms with van der Waals surface area (Å²) in [6.07, 6.45) is 0.396. The van der Waals surface area contributed by atoms with E-state index < -0.39 is 24.1 Å². The number of aromatic nitrogens is 2. The van der Waals surface area contributed by atoms with Crippen molar-refractivity contribution in [2.75, 3.05) is 18.4 Å². The van der Waals surface area contributed by atoms with Crippen molar-refractivity contribution in [1.82, 2.24) is 15.1 Å². The molecule has 1 spiro atoms. The molecule has 25 heavy (non-hydrogen) atoms. The van der Waals surface area contributed by atoms with Gasteiger partial charge in [-0.2, -0.15) is 13.2 Å². The highest BCUT2D eigenvalue weighted by atomic mass is 19.4. The fourth-order valence-electron chi connectivity index (χ4n) is 3.67. The van der Waals surface area contributed by atoms with Gasteiger partial charge in [-0.25, -0.2) is 0 Å². The maximum absolute atomic E-state index is 12.6. The highest BCUT2D eigenvalue weighted by molar-refractivity contribution is 5.83. The van der Waals surface area contributed by atoms with E-state index in [0.29, 0.717) is 5.41 Å². The number of anilines is 1. The lowest BCUT2D eigenvalue weighted by Gasteiger charge is -2.33. The number of alkyl halides is 3. The third kappa shape index (κ3) is 3.32. The van der Waals surface area contributed by atoms with Gasteiger partial charge in [0.1, 0.15) is 6.04 Å². The highest BCUT2D eigenvalue weighted by Crippen LogP contribution is 2.56. The predicted octanol–water partition coefficient (Wildman–Crippen LogP) is 2.94. The van der Waals surface area contributed by atoms with E-state index >= 15 is 0 Å². The molecule has 1 N–H and O–H groups in total. The topological polar surface area (TPSA) is 71.3 Å². The van der Waals surface area contributed by atoms with Crippen molar-refractivity contribution < 1.29 is 22.4 Å². The van der Waals surface area contributed by atoms with Gasteiger partial charge < -0.3 is 14.6 Å². The molecule has 1 unspecified atom stereocenters. The van der Waals surface area contributed by atoms with Crippen LogP contribution >= 0.6 is 0 Å². The molecule has 4 rings (SSSR count). The maximum atomic E-state index is 12.6. The van der Waals surface area contributed by atoms with Crippen LogP contribution in [-0.4, -0.2) is 46.3 Å². The Morgan fingerprint density at radius 1 is 1.28 bits per heavy atom. The van der Waals surface area contributed by atoms with Gasteiger partial charge in [-0.05, 0) is 44.4 Å². The number of carbonyl (C=O) groups is 1. The van der Waals surface area contributed by atoms with Crippen molar-refractivity contribution in [3.05, 3.63) is 5.89 Å². The van der Waals surface area contributed by atoms with E-state index in [4.69, 9.17) is 4.42 Å². The van der Waals surface area contributed by atoms with Gasteiger partial charge in [0.05, 0.1) is 5.92 Å². The molecule has 3 atom stereocenters. The minimum atomic E-state index is -4.23. The number of carbonyl (C=O) groups excluding carboxylic acids is 1. The molecule has 1 aliphatic heterocycles. The van der Waals surface area contributed by atoms with Crippen LogP contribution in [-0.2, 0) is 4.79 Å². The highest BCUT2D eigenvalue weighted by Gasteiger charge is 2.58. The molecular formula is C16H21F3N4O2. The number of rotatable bonds is 4. The number of hydrogen-bond donors (Lipinski definition) is 1. The normalized spacial score (nSPS) is 28.7. The fraction of sp³-hybridized carbons (Fsp3) is 0.812. The number of halogens is 3. The first-order valence-corrected chi connectivity index (χ1v) is 8.73. The van der Waals surface area contributed by atoms with Gasteiger partial charge in [-0.3, -0.25) is 4.79 Å².